The Hall–Kier alpha value is -2.49. The smallest absolute Gasteiger partial charge is 0.256 e. The number of methoxy groups -OCH3 is 1. The average Bonchev–Trinajstić information content (AvgIpc) is 2.84. The SMILES string of the molecule is CO[C@H]1C(C(=O)Nc2ccc(C=O)cc2)O[C@@H](O[C@@H]2C(NC(C)=O)COC(CO)[C@H]2O)C(O)[C@H]1O. The normalized spacial score (nSPS) is 35.2. The van der Waals surface area contributed by atoms with Crippen molar-refractivity contribution in [2.75, 3.05) is 25.6 Å². The number of aliphatic hydroxyl groups is 4. The van der Waals surface area contributed by atoms with Crippen LogP contribution in [0.3, 0.4) is 0 Å². The van der Waals surface area contributed by atoms with Crippen molar-refractivity contribution in [3.8, 4) is 0 Å². The Balaban J connectivity index is 1.79. The first-order chi connectivity index (χ1) is 16.7. The third-order valence-corrected chi connectivity index (χ3v) is 5.85. The Morgan fingerprint density at radius 1 is 1.11 bits per heavy atom. The zero-order valence-corrected chi connectivity index (χ0v) is 19.1. The average molecular weight is 498 g/mol. The van der Waals surface area contributed by atoms with Gasteiger partial charge in [0.05, 0.1) is 19.3 Å². The molecule has 0 aliphatic carbocycles. The summed E-state index contributed by atoms with van der Waals surface area (Å²) < 4.78 is 22.0. The van der Waals surface area contributed by atoms with E-state index >= 15 is 0 Å². The Morgan fingerprint density at radius 3 is 2.37 bits per heavy atom. The number of nitrogens with one attached hydrogen (secondary N) is 2. The van der Waals surface area contributed by atoms with Gasteiger partial charge in [0.15, 0.2) is 12.4 Å². The highest BCUT2D eigenvalue weighted by Gasteiger charge is 2.51. The molecule has 3 rings (SSSR count). The van der Waals surface area contributed by atoms with E-state index in [9.17, 15) is 34.8 Å². The molecule has 4 unspecified atom stereocenters. The third-order valence-electron chi connectivity index (χ3n) is 5.85. The summed E-state index contributed by atoms with van der Waals surface area (Å²) in [5, 5.41) is 46.4. The van der Waals surface area contributed by atoms with Gasteiger partial charge in [-0.1, -0.05) is 0 Å². The molecule has 6 N–H and O–H groups in total. The number of carbonyl (C=O) groups is 3. The van der Waals surface area contributed by atoms with Crippen LogP contribution in [0, 0.1) is 0 Å². The van der Waals surface area contributed by atoms with Gasteiger partial charge >= 0.3 is 0 Å². The molecule has 0 aromatic heterocycles. The number of amides is 2. The Kier molecular flexibility index (Phi) is 9.27. The van der Waals surface area contributed by atoms with Gasteiger partial charge in [-0.05, 0) is 24.3 Å². The fraction of sp³-hybridized carbons (Fsp3) is 0.591. The number of aldehydes is 1. The van der Waals surface area contributed by atoms with Crippen molar-refractivity contribution in [1.82, 2.24) is 5.32 Å². The van der Waals surface area contributed by atoms with E-state index in [-0.39, 0.29) is 6.61 Å². The molecule has 0 saturated carbocycles. The van der Waals surface area contributed by atoms with E-state index < -0.39 is 73.5 Å². The minimum Gasteiger partial charge on any atom is -0.394 e. The number of hydrogen-bond acceptors (Lipinski definition) is 11. The topological polar surface area (TPSA) is 193 Å². The summed E-state index contributed by atoms with van der Waals surface area (Å²) in [6.07, 6.45) is -10.6. The van der Waals surface area contributed by atoms with Crippen LogP contribution in [0.4, 0.5) is 5.69 Å². The van der Waals surface area contributed by atoms with Gasteiger partial charge in [-0.15, -0.1) is 0 Å². The lowest BCUT2D eigenvalue weighted by Gasteiger charge is -2.45. The molecule has 2 fully saturated rings. The highest BCUT2D eigenvalue weighted by atomic mass is 16.7. The largest absolute Gasteiger partial charge is 0.394 e. The first-order valence-electron chi connectivity index (χ1n) is 10.9. The molecule has 2 saturated heterocycles. The molecule has 2 amide bonds. The zero-order chi connectivity index (χ0) is 25.7. The van der Waals surface area contributed by atoms with Crippen LogP contribution in [0.25, 0.3) is 0 Å². The second-order valence-corrected chi connectivity index (χ2v) is 8.29. The first kappa shape index (κ1) is 27.1. The third kappa shape index (κ3) is 6.20. The van der Waals surface area contributed by atoms with E-state index in [0.29, 0.717) is 17.5 Å². The number of ether oxygens (including phenoxy) is 4. The molecule has 2 aliphatic rings. The van der Waals surface area contributed by atoms with Crippen LogP contribution in [-0.2, 0) is 28.5 Å². The van der Waals surface area contributed by atoms with Crippen molar-refractivity contribution in [2.45, 2.75) is 62.0 Å². The van der Waals surface area contributed by atoms with Crippen LogP contribution in [0.2, 0.25) is 0 Å². The van der Waals surface area contributed by atoms with Crippen LogP contribution < -0.4 is 10.6 Å². The lowest BCUT2D eigenvalue weighted by molar-refractivity contribution is -0.321. The molecular formula is C22H30N2O11. The first-order valence-corrected chi connectivity index (χ1v) is 10.9. The highest BCUT2D eigenvalue weighted by molar-refractivity contribution is 5.95. The standard InChI is InChI=1S/C22H30N2O11/c1-10(27)23-13-9-33-14(8-26)15(28)18(13)34-22-17(30)16(29)19(32-2)20(35-22)21(31)24-12-5-3-11(7-25)4-6-12/h3-7,13-20,22,26,28-30H,8-9H2,1-2H3,(H,23,27)(H,24,31)/t13?,14?,15-,16-,17?,18-,19-,20?,22-/m1/s1. The van der Waals surface area contributed by atoms with Crippen LogP contribution in [0.5, 0.6) is 0 Å². The second-order valence-electron chi connectivity index (χ2n) is 8.29. The molecular weight excluding hydrogens is 468 g/mol. The molecule has 2 aliphatic heterocycles. The molecule has 35 heavy (non-hydrogen) atoms. The molecule has 0 spiro atoms. The summed E-state index contributed by atoms with van der Waals surface area (Å²) in [6.45, 7) is 0.603. The monoisotopic (exact) mass is 498 g/mol. The molecule has 2 heterocycles. The molecule has 1 aromatic carbocycles. The fourth-order valence-electron chi connectivity index (χ4n) is 4.03. The summed E-state index contributed by atoms with van der Waals surface area (Å²) in [7, 11) is 1.23. The fourth-order valence-corrected chi connectivity index (χ4v) is 4.03. The van der Waals surface area contributed by atoms with Crippen LogP contribution in [0.15, 0.2) is 24.3 Å². The van der Waals surface area contributed by atoms with Gasteiger partial charge in [0.25, 0.3) is 5.91 Å². The van der Waals surface area contributed by atoms with Crippen molar-refractivity contribution >= 4 is 23.8 Å². The summed E-state index contributed by atoms with van der Waals surface area (Å²) in [5.41, 5.74) is 0.747. The predicted octanol–water partition coefficient (Wildman–Crippen LogP) is -2.46. The molecule has 0 radical (unpaired) electrons. The van der Waals surface area contributed by atoms with Crippen molar-refractivity contribution in [1.29, 1.82) is 0 Å². The van der Waals surface area contributed by atoms with Gasteiger partial charge in [-0.25, -0.2) is 0 Å². The Morgan fingerprint density at radius 2 is 1.80 bits per heavy atom. The maximum Gasteiger partial charge on any atom is 0.256 e. The van der Waals surface area contributed by atoms with Gasteiger partial charge in [0.1, 0.15) is 42.9 Å². The lowest BCUT2D eigenvalue weighted by atomic mass is 9.96. The predicted molar refractivity (Wildman–Crippen MR) is 117 cm³/mol. The van der Waals surface area contributed by atoms with Crippen LogP contribution in [0.1, 0.15) is 17.3 Å². The van der Waals surface area contributed by atoms with E-state index in [4.69, 9.17) is 18.9 Å². The van der Waals surface area contributed by atoms with Gasteiger partial charge in [0, 0.05) is 25.3 Å². The molecule has 194 valence electrons. The Bertz CT molecular complexity index is 883. The number of anilines is 1. The number of carbonyl (C=O) groups excluding carboxylic acids is 3. The Labute approximate surface area is 200 Å². The number of hydrogen-bond donors (Lipinski definition) is 6. The van der Waals surface area contributed by atoms with Crippen molar-refractivity contribution in [2.24, 2.45) is 0 Å². The van der Waals surface area contributed by atoms with Crippen LogP contribution >= 0.6 is 0 Å². The minimum absolute atomic E-state index is 0.112. The molecule has 9 atom stereocenters. The highest BCUT2D eigenvalue weighted by Crippen LogP contribution is 2.29. The quantitative estimate of drug-likeness (QED) is 0.208. The number of rotatable bonds is 8. The summed E-state index contributed by atoms with van der Waals surface area (Å²) in [5.74, 6) is -1.17. The van der Waals surface area contributed by atoms with Gasteiger partial charge in [0.2, 0.25) is 5.91 Å². The maximum absolute atomic E-state index is 13.0. The van der Waals surface area contributed by atoms with E-state index in [1.54, 1.807) is 0 Å². The number of benzene rings is 1. The van der Waals surface area contributed by atoms with E-state index in [0.717, 1.165) is 0 Å². The van der Waals surface area contributed by atoms with Gasteiger partial charge in [-0.3, -0.25) is 14.4 Å². The van der Waals surface area contributed by atoms with E-state index in [2.05, 4.69) is 10.6 Å². The van der Waals surface area contributed by atoms with E-state index in [1.807, 2.05) is 0 Å². The maximum atomic E-state index is 13.0. The molecule has 0 bridgehead atoms. The minimum atomic E-state index is -1.68. The van der Waals surface area contributed by atoms with Crippen molar-refractivity contribution < 1.29 is 53.8 Å². The summed E-state index contributed by atoms with van der Waals surface area (Å²) in [6, 6.07) is 5.11. The second kappa shape index (κ2) is 12.0. The number of aliphatic hydroxyl groups excluding tert-OH is 4. The van der Waals surface area contributed by atoms with Crippen LogP contribution in [-0.4, -0.2) is 114 Å². The summed E-state index contributed by atoms with van der Waals surface area (Å²) in [4.78, 5) is 35.4. The van der Waals surface area contributed by atoms with Gasteiger partial charge < -0.3 is 50.0 Å². The molecule has 13 nitrogen and oxygen atoms in total. The van der Waals surface area contributed by atoms with Gasteiger partial charge in [-0.2, -0.15) is 0 Å². The summed E-state index contributed by atoms with van der Waals surface area (Å²) >= 11 is 0. The van der Waals surface area contributed by atoms with E-state index in [1.165, 1.54) is 38.3 Å². The molecule has 1 aromatic rings. The molecule has 13 heteroatoms. The zero-order valence-electron chi connectivity index (χ0n) is 19.1. The van der Waals surface area contributed by atoms with Crippen molar-refractivity contribution in [3.05, 3.63) is 29.8 Å². The van der Waals surface area contributed by atoms with Crippen molar-refractivity contribution in [3.63, 3.8) is 0 Å². The lowest BCUT2D eigenvalue weighted by Crippen LogP contribution is -2.66.